The van der Waals surface area contributed by atoms with Crippen molar-refractivity contribution < 1.29 is 17.9 Å². The van der Waals surface area contributed by atoms with Gasteiger partial charge in [-0.2, -0.15) is 0 Å². The summed E-state index contributed by atoms with van der Waals surface area (Å²) in [5, 5.41) is 6.35. The minimum absolute atomic E-state index is 0.0159. The Bertz CT molecular complexity index is 1470. The largest absolute Gasteiger partial charge is 0.482 e. The molecule has 0 aliphatic rings. The van der Waals surface area contributed by atoms with Crippen molar-refractivity contribution in [3.8, 4) is 5.75 Å². The molecule has 4 aromatic carbocycles. The number of hydrogen-bond donors (Lipinski definition) is 2. The van der Waals surface area contributed by atoms with Gasteiger partial charge in [-0.15, -0.1) is 0 Å². The molecule has 2 N–H and O–H groups in total. The van der Waals surface area contributed by atoms with Crippen LogP contribution in [0.15, 0.2) is 76.3 Å². The molecule has 0 heterocycles. The second-order valence-corrected chi connectivity index (χ2v) is 9.90. The van der Waals surface area contributed by atoms with E-state index in [9.17, 15) is 22.8 Å². The summed E-state index contributed by atoms with van der Waals surface area (Å²) in [4.78, 5) is 24.3. The monoisotopic (exact) mass is 508 g/mol. The second kappa shape index (κ2) is 10.2. The van der Waals surface area contributed by atoms with Gasteiger partial charge in [0, 0.05) is 17.8 Å². The Morgan fingerprint density at radius 1 is 0.757 bits per heavy atom. The van der Waals surface area contributed by atoms with Crippen LogP contribution in [0.3, 0.4) is 0 Å². The SMILES string of the molecule is C[C@@H](NC(c1ccc(F)cc1)c1cccc(Nc2c(OC(C)(C)C)c(=O)c2=O)c1)c1cc(F)cc(F)c1. The first kappa shape index (κ1) is 26.2. The van der Waals surface area contributed by atoms with E-state index in [1.54, 1.807) is 58.0 Å². The van der Waals surface area contributed by atoms with Crippen LogP contribution in [0.5, 0.6) is 5.75 Å². The van der Waals surface area contributed by atoms with E-state index in [1.807, 2.05) is 6.07 Å². The molecule has 0 radical (unpaired) electrons. The van der Waals surface area contributed by atoms with Gasteiger partial charge in [-0.1, -0.05) is 24.3 Å². The molecule has 192 valence electrons. The fraction of sp³-hybridized carbons (Fsp3) is 0.241. The van der Waals surface area contributed by atoms with Crippen LogP contribution in [0.2, 0.25) is 0 Å². The van der Waals surface area contributed by atoms with Gasteiger partial charge in [0.15, 0.2) is 5.75 Å². The van der Waals surface area contributed by atoms with Crippen molar-refractivity contribution in [2.75, 3.05) is 5.32 Å². The smallest absolute Gasteiger partial charge is 0.272 e. The Kier molecular flexibility index (Phi) is 7.23. The van der Waals surface area contributed by atoms with Gasteiger partial charge in [0.1, 0.15) is 28.7 Å². The van der Waals surface area contributed by atoms with Gasteiger partial charge in [-0.25, -0.2) is 13.2 Å². The number of benzene rings is 3. The first-order chi connectivity index (χ1) is 17.4. The van der Waals surface area contributed by atoms with Crippen LogP contribution in [-0.4, -0.2) is 5.60 Å². The summed E-state index contributed by atoms with van der Waals surface area (Å²) in [5.74, 6) is -1.79. The lowest BCUT2D eigenvalue weighted by atomic mass is 9.96. The fourth-order valence-electron chi connectivity index (χ4n) is 4.04. The van der Waals surface area contributed by atoms with Crippen LogP contribution in [0.1, 0.15) is 56.5 Å². The zero-order chi connectivity index (χ0) is 26.9. The van der Waals surface area contributed by atoms with Gasteiger partial charge in [-0.3, -0.25) is 14.9 Å². The molecular weight excluding hydrogens is 481 g/mol. The van der Waals surface area contributed by atoms with Gasteiger partial charge >= 0.3 is 0 Å². The Balaban J connectivity index is 1.67. The maximum Gasteiger partial charge on any atom is 0.272 e. The zero-order valence-corrected chi connectivity index (χ0v) is 20.9. The molecule has 0 fully saturated rings. The maximum atomic E-state index is 13.8. The van der Waals surface area contributed by atoms with Gasteiger partial charge in [0.05, 0.1) is 6.04 Å². The summed E-state index contributed by atoms with van der Waals surface area (Å²) in [7, 11) is 0. The molecule has 2 atom stereocenters. The van der Waals surface area contributed by atoms with Crippen molar-refractivity contribution >= 4 is 11.4 Å². The van der Waals surface area contributed by atoms with Crippen molar-refractivity contribution in [1.82, 2.24) is 5.32 Å². The number of anilines is 2. The molecule has 0 aliphatic heterocycles. The third-order valence-corrected chi connectivity index (χ3v) is 5.77. The van der Waals surface area contributed by atoms with Gasteiger partial charge in [0.25, 0.3) is 10.9 Å². The molecular formula is C29H27F3N2O3. The molecule has 0 saturated heterocycles. The highest BCUT2D eigenvalue weighted by molar-refractivity contribution is 5.70. The fourth-order valence-corrected chi connectivity index (χ4v) is 4.04. The Labute approximate surface area is 212 Å². The number of halogens is 3. The average molecular weight is 509 g/mol. The van der Waals surface area contributed by atoms with Gasteiger partial charge in [0.2, 0.25) is 0 Å². The van der Waals surface area contributed by atoms with Crippen LogP contribution in [0.25, 0.3) is 0 Å². The van der Waals surface area contributed by atoms with Gasteiger partial charge in [-0.05, 0) is 80.8 Å². The normalized spacial score (nSPS) is 13.4. The molecule has 0 bridgehead atoms. The molecule has 0 aromatic heterocycles. The number of hydrogen-bond acceptors (Lipinski definition) is 5. The van der Waals surface area contributed by atoms with E-state index >= 15 is 0 Å². The molecule has 0 aliphatic carbocycles. The van der Waals surface area contributed by atoms with Crippen molar-refractivity contribution in [3.63, 3.8) is 0 Å². The van der Waals surface area contributed by atoms with E-state index in [4.69, 9.17) is 4.74 Å². The van der Waals surface area contributed by atoms with Crippen molar-refractivity contribution in [3.05, 3.63) is 121 Å². The lowest BCUT2D eigenvalue weighted by Gasteiger charge is -2.26. The quantitative estimate of drug-likeness (QED) is 0.283. The third kappa shape index (κ3) is 6.09. The summed E-state index contributed by atoms with van der Waals surface area (Å²) in [5.41, 5.74) is 0.450. The molecule has 0 saturated carbocycles. The van der Waals surface area contributed by atoms with E-state index in [0.717, 1.165) is 11.6 Å². The lowest BCUT2D eigenvalue weighted by molar-refractivity contribution is 0.128. The van der Waals surface area contributed by atoms with E-state index in [0.29, 0.717) is 16.8 Å². The second-order valence-electron chi connectivity index (χ2n) is 9.90. The molecule has 0 spiro atoms. The van der Waals surface area contributed by atoms with Crippen LogP contribution in [0, 0.1) is 17.5 Å². The van der Waals surface area contributed by atoms with Crippen molar-refractivity contribution in [1.29, 1.82) is 0 Å². The Morgan fingerprint density at radius 2 is 1.41 bits per heavy atom. The summed E-state index contributed by atoms with van der Waals surface area (Å²) in [6.45, 7) is 7.10. The number of ether oxygens (including phenoxy) is 1. The van der Waals surface area contributed by atoms with E-state index < -0.39 is 46.0 Å². The summed E-state index contributed by atoms with van der Waals surface area (Å²) >= 11 is 0. The Hall–Kier alpha value is -3.91. The first-order valence-corrected chi connectivity index (χ1v) is 11.8. The predicted molar refractivity (Wildman–Crippen MR) is 138 cm³/mol. The van der Waals surface area contributed by atoms with Gasteiger partial charge < -0.3 is 10.1 Å². The number of nitrogens with one attached hydrogen (secondary N) is 2. The zero-order valence-electron chi connectivity index (χ0n) is 20.9. The highest BCUT2D eigenvalue weighted by Gasteiger charge is 2.27. The van der Waals surface area contributed by atoms with E-state index in [-0.39, 0.29) is 11.4 Å². The summed E-state index contributed by atoms with van der Waals surface area (Å²) < 4.78 is 47.0. The topological polar surface area (TPSA) is 67.4 Å². The molecule has 4 aromatic rings. The van der Waals surface area contributed by atoms with Crippen LogP contribution in [0.4, 0.5) is 24.5 Å². The molecule has 0 amide bonds. The molecule has 8 heteroatoms. The summed E-state index contributed by atoms with van der Waals surface area (Å²) in [6, 6.07) is 15.3. The third-order valence-electron chi connectivity index (χ3n) is 5.77. The minimum Gasteiger partial charge on any atom is -0.482 e. The average Bonchev–Trinajstić information content (AvgIpc) is 2.84. The minimum atomic E-state index is -0.686. The molecule has 37 heavy (non-hydrogen) atoms. The van der Waals surface area contributed by atoms with E-state index in [1.165, 1.54) is 24.3 Å². The van der Waals surface area contributed by atoms with Crippen LogP contribution in [-0.2, 0) is 0 Å². The van der Waals surface area contributed by atoms with Crippen molar-refractivity contribution in [2.24, 2.45) is 0 Å². The highest BCUT2D eigenvalue weighted by atomic mass is 19.1. The maximum absolute atomic E-state index is 13.8. The Morgan fingerprint density at radius 3 is 2.03 bits per heavy atom. The first-order valence-electron chi connectivity index (χ1n) is 11.8. The highest BCUT2D eigenvalue weighted by Crippen LogP contribution is 2.31. The van der Waals surface area contributed by atoms with Crippen LogP contribution >= 0.6 is 0 Å². The van der Waals surface area contributed by atoms with Crippen LogP contribution < -0.4 is 26.2 Å². The lowest BCUT2D eigenvalue weighted by Crippen LogP contribution is -2.39. The predicted octanol–water partition coefficient (Wildman–Crippen LogP) is 6.06. The molecule has 4 rings (SSSR count). The van der Waals surface area contributed by atoms with E-state index in [2.05, 4.69) is 10.6 Å². The standard InChI is InChI=1S/C29H27F3N2O3/c1-16(19-12-21(31)15-22(32)13-19)33-24(17-8-10-20(30)11-9-17)18-6-5-7-23(14-18)34-25-26(35)27(36)28(25)37-29(2,3)4/h5-16,24,33-34H,1-4H3/t16-,24?/m1/s1. The summed E-state index contributed by atoms with van der Waals surface area (Å²) in [6.07, 6.45) is 0. The number of rotatable bonds is 8. The molecule has 5 nitrogen and oxygen atoms in total. The molecule has 1 unspecified atom stereocenters. The van der Waals surface area contributed by atoms with Crippen molar-refractivity contribution in [2.45, 2.75) is 45.4 Å².